The fourth-order valence-corrected chi connectivity index (χ4v) is 14.1. The second-order valence-electron chi connectivity index (χ2n) is 31.7. The number of fused-ring (bicyclic) bond motifs is 2. The van der Waals surface area contributed by atoms with Crippen molar-refractivity contribution in [1.82, 2.24) is 100 Å². The Kier molecular flexibility index (Phi) is 47.0. The number of amides is 11. The maximum Gasteiger partial charge on any atom is 0.326 e. The summed E-state index contributed by atoms with van der Waals surface area (Å²) in [5.74, 6) is -14.4. The van der Waals surface area contributed by atoms with Crippen molar-refractivity contribution in [3.05, 3.63) is 72.1 Å². The Morgan fingerprint density at radius 3 is 0.961 bits per heavy atom. The van der Waals surface area contributed by atoms with Gasteiger partial charge >= 0.3 is 5.97 Å². The zero-order valence-corrected chi connectivity index (χ0v) is 74.2. The summed E-state index contributed by atoms with van der Waals surface area (Å²) in [4.78, 5) is 182. The predicted octanol–water partition coefficient (Wildman–Crippen LogP) is -3.35. The molecular weight excluding hydrogens is 1660 g/mol. The minimum Gasteiger partial charge on any atom is -0.480 e. The lowest BCUT2D eigenvalue weighted by atomic mass is 9.96. The van der Waals surface area contributed by atoms with Crippen LogP contribution in [0.1, 0.15) is 155 Å². The number of carboxylic acid groups (broad SMARTS) is 1. The Balaban J connectivity index is 1.74. The van der Waals surface area contributed by atoms with Crippen LogP contribution < -0.4 is 131 Å². The van der Waals surface area contributed by atoms with Crippen molar-refractivity contribution in [3.63, 3.8) is 0 Å². The Bertz CT molecular complexity index is 4350. The minimum absolute atomic E-state index is 0.00230. The third-order valence-corrected chi connectivity index (χ3v) is 21.7. The van der Waals surface area contributed by atoms with E-state index < -0.39 is 179 Å². The van der Waals surface area contributed by atoms with Crippen molar-refractivity contribution >= 4 is 140 Å². The van der Waals surface area contributed by atoms with Gasteiger partial charge in [0.15, 0.2) is 35.8 Å². The molecule has 2 aromatic heterocycles. The van der Waals surface area contributed by atoms with E-state index in [0.717, 1.165) is 10.9 Å². The number of aliphatic carboxylic acids is 1. The maximum absolute atomic E-state index is 15.1. The van der Waals surface area contributed by atoms with Gasteiger partial charge in [-0.05, 0) is 143 Å². The molecule has 127 heavy (non-hydrogen) atoms. The highest BCUT2D eigenvalue weighted by atomic mass is 32.2. The second-order valence-corrected chi connectivity index (χ2v) is 32.7. The van der Waals surface area contributed by atoms with Gasteiger partial charge in [0.2, 0.25) is 65.0 Å². The number of aromatic amines is 2. The van der Waals surface area contributed by atoms with Gasteiger partial charge in [-0.1, -0.05) is 90.8 Å². The van der Waals surface area contributed by atoms with Crippen molar-refractivity contribution in [2.45, 2.75) is 230 Å². The average molecular weight is 1800 g/mol. The molecule has 0 aliphatic heterocycles. The van der Waals surface area contributed by atoms with Crippen LogP contribution >= 0.6 is 11.8 Å². The van der Waals surface area contributed by atoms with Gasteiger partial charge in [0.05, 0.1) is 6.04 Å². The summed E-state index contributed by atoms with van der Waals surface area (Å²) in [6, 6.07) is -2.58. The summed E-state index contributed by atoms with van der Waals surface area (Å²) < 4.78 is 0. The van der Waals surface area contributed by atoms with Crippen LogP contribution in [-0.2, 0) is 70.4 Å². The Hall–Kier alpha value is -12.9. The van der Waals surface area contributed by atoms with E-state index in [-0.39, 0.29) is 159 Å². The van der Waals surface area contributed by atoms with Gasteiger partial charge in [-0.25, -0.2) is 4.79 Å². The monoisotopic (exact) mass is 1800 g/mol. The molecule has 0 radical (unpaired) electrons. The first kappa shape index (κ1) is 106. The summed E-state index contributed by atoms with van der Waals surface area (Å²) in [6.07, 6.45) is 5.41. The number of guanidine groups is 6. The van der Waals surface area contributed by atoms with E-state index in [2.05, 4.69) is 100 Å². The van der Waals surface area contributed by atoms with Crippen LogP contribution in [-0.4, -0.2) is 246 Å². The number of H-pyrrole nitrogens is 2. The number of hydrogen-bond acceptors (Lipinski definition) is 20. The first-order valence-corrected chi connectivity index (χ1v) is 44.1. The molecule has 2 aromatic carbocycles. The molecule has 46 heteroatoms. The molecule has 0 saturated heterocycles. The maximum atomic E-state index is 15.1. The number of benzene rings is 2. The third kappa shape index (κ3) is 39.0. The van der Waals surface area contributed by atoms with E-state index in [1.54, 1.807) is 90.5 Å². The van der Waals surface area contributed by atoms with Crippen molar-refractivity contribution < 1.29 is 62.6 Å². The molecule has 14 atom stereocenters. The molecule has 0 spiro atoms. The third-order valence-electron chi connectivity index (χ3n) is 21.1. The van der Waals surface area contributed by atoms with Crippen molar-refractivity contribution in [2.24, 2.45) is 57.9 Å². The standard InChI is InChI=1S/C81H136N32O13S/c1-8-44(5)62(112-73(123)61(40-47-42-102-52-24-13-11-21-49(47)52)109-64(114)50(82)22-14-31-95-76(83)84)74(124)108-56(28-18-35-99-80(91)92)67(117)103-54(26-16-33-97-78(87)88)66(116)107-58(30-37-127-7)69(119)105-53(25-15-32-96-77(85)86)65(115)104-55(27-17-34-98-79(89)90)68(118)110-59(38-43(3)4)71(121)111-60(39-46-41-101-51-23-12-10-20-48(46)51)72(122)106-57(29-19-36-100-81(93)94)70(120)113-63(75(125)126)45(6)9-2/h10-13,20-21,23-24,41-45,50,53-63,101-102H,8-9,14-19,22,25-40,82H2,1-7H3,(H,103,117)(H,104,115)(H,105,119)(H,106,122)(H,107,116)(H,108,124)(H,109,114)(H,110,118)(H,111,121)(H,112,123)(H,113,120)(H,125,126)(H4,83,84,95)(H4,85,86,96)(H4,87,88,97)(H4,89,90,98)(H4,91,92,99)(H4,93,94,100)/t44-,45-,50-,53-,54-,55-,56-,57-,58-,59-,60-,61-,62-,63-/m0/s1. The van der Waals surface area contributed by atoms with Crippen molar-refractivity contribution in [2.75, 3.05) is 51.3 Å². The first-order chi connectivity index (χ1) is 60.3. The largest absolute Gasteiger partial charge is 0.480 e. The summed E-state index contributed by atoms with van der Waals surface area (Å²) in [5.41, 5.74) is 42.5. The molecule has 704 valence electrons. The van der Waals surface area contributed by atoms with Crippen molar-refractivity contribution in [1.29, 1.82) is 32.5 Å². The van der Waals surface area contributed by atoms with Gasteiger partial charge < -0.3 is 146 Å². The normalized spacial score (nSPS) is 14.4. The SMILES string of the molecule is CC[C@H](C)[C@H](NC(=O)[C@H](CCCNC(=N)N)NC(=O)[C@H](Cc1c[nH]c2ccccc12)NC(=O)[C@H](CC(C)C)NC(=O)[C@H](CCCNC(=N)N)NC(=O)[C@H](CCCNC(=N)N)NC(=O)[C@H](CCSC)NC(=O)[C@H](CCCNC(=N)N)NC(=O)[C@H](CCCNC(=N)N)NC(=O)[C@@H](NC(=O)[C@H](Cc1c[nH]c2ccccc12)NC(=O)[C@@H](N)CCCNC(=N)N)[C@@H](C)CC)C(=O)O. The number of carbonyl (C=O) groups excluding carboxylic acids is 11. The number of carboxylic acids is 1. The fourth-order valence-electron chi connectivity index (χ4n) is 13.7. The van der Waals surface area contributed by atoms with Gasteiger partial charge in [-0.3, -0.25) is 85.2 Å². The molecule has 0 aliphatic carbocycles. The molecule has 45 nitrogen and oxygen atoms in total. The van der Waals surface area contributed by atoms with E-state index >= 15 is 28.8 Å². The summed E-state index contributed by atoms with van der Waals surface area (Å²) >= 11 is 1.30. The van der Waals surface area contributed by atoms with Crippen LogP contribution in [0.3, 0.4) is 0 Å². The average Bonchev–Trinajstić information content (AvgIpc) is 1.70. The smallest absolute Gasteiger partial charge is 0.326 e. The molecule has 4 rings (SSSR count). The molecule has 0 unspecified atom stereocenters. The summed E-state index contributed by atoms with van der Waals surface area (Å²) in [7, 11) is 0. The van der Waals surface area contributed by atoms with Crippen LogP contribution in [0.15, 0.2) is 60.9 Å². The van der Waals surface area contributed by atoms with E-state index in [4.69, 9.17) is 72.6 Å². The highest BCUT2D eigenvalue weighted by Gasteiger charge is 2.39. The Morgan fingerprint density at radius 1 is 0.362 bits per heavy atom. The number of hydrogen-bond donors (Lipinski definition) is 33. The lowest BCUT2D eigenvalue weighted by molar-refractivity contribution is -0.144. The predicted molar refractivity (Wildman–Crippen MR) is 487 cm³/mol. The van der Waals surface area contributed by atoms with E-state index in [0.29, 0.717) is 41.3 Å². The lowest BCUT2D eigenvalue weighted by Crippen LogP contribution is -2.61. The number of carbonyl (C=O) groups is 12. The van der Waals surface area contributed by atoms with Gasteiger partial charge in [0.1, 0.15) is 66.5 Å². The lowest BCUT2D eigenvalue weighted by Gasteiger charge is -2.30. The first-order valence-electron chi connectivity index (χ1n) is 42.7. The summed E-state index contributed by atoms with van der Waals surface area (Å²) in [5, 5.41) is 104. The molecule has 0 saturated carbocycles. The van der Waals surface area contributed by atoms with Crippen LogP contribution in [0.4, 0.5) is 0 Å². The number of aromatic nitrogens is 2. The topological polar surface area (TPSA) is 786 Å². The van der Waals surface area contributed by atoms with Crippen LogP contribution in [0.25, 0.3) is 21.8 Å². The van der Waals surface area contributed by atoms with Crippen LogP contribution in [0.5, 0.6) is 0 Å². The molecule has 0 fully saturated rings. The van der Waals surface area contributed by atoms with Gasteiger partial charge in [-0.15, -0.1) is 0 Å². The molecule has 11 amide bonds. The Morgan fingerprint density at radius 2 is 0.630 bits per heavy atom. The van der Waals surface area contributed by atoms with Crippen molar-refractivity contribution in [3.8, 4) is 0 Å². The highest BCUT2D eigenvalue weighted by Crippen LogP contribution is 2.23. The number of para-hydroxylation sites is 2. The number of nitrogens with two attached hydrogens (primary N) is 7. The molecule has 0 aliphatic rings. The molecule has 2 heterocycles. The van der Waals surface area contributed by atoms with Crippen LogP contribution in [0.2, 0.25) is 0 Å². The second kappa shape index (κ2) is 56.1. The number of thioether (sulfide) groups is 1. The number of nitrogens with one attached hydrogen (secondary N) is 25. The zero-order valence-electron chi connectivity index (χ0n) is 73.4. The molecule has 40 N–H and O–H groups in total. The van der Waals surface area contributed by atoms with Gasteiger partial charge in [0.25, 0.3) is 0 Å². The zero-order chi connectivity index (χ0) is 94.4. The molecule has 4 aromatic rings. The Labute approximate surface area is 743 Å². The minimum atomic E-state index is -1.54. The van der Waals surface area contributed by atoms with Gasteiger partial charge in [-0.2, -0.15) is 11.8 Å². The van der Waals surface area contributed by atoms with E-state index in [1.165, 1.54) is 11.8 Å². The number of rotatable bonds is 60. The van der Waals surface area contributed by atoms with E-state index in [1.807, 2.05) is 18.2 Å². The quantitative estimate of drug-likeness (QED) is 0.0117. The van der Waals surface area contributed by atoms with Gasteiger partial charge in [0, 0.05) is 86.3 Å². The summed E-state index contributed by atoms with van der Waals surface area (Å²) in [6.45, 7) is 10.8. The fraction of sp³-hybridized carbons (Fsp3) is 0.580. The molecule has 0 bridgehead atoms. The van der Waals surface area contributed by atoms with E-state index in [9.17, 15) is 33.9 Å². The molecular formula is C81H136N32O13S. The highest BCUT2D eigenvalue weighted by molar-refractivity contribution is 7.98. The van der Waals surface area contributed by atoms with Crippen LogP contribution in [0, 0.1) is 50.2 Å².